The maximum atomic E-state index is 12.2. The Kier molecular flexibility index (Phi) is 7.78. The van der Waals surface area contributed by atoms with Gasteiger partial charge in [0.25, 0.3) is 5.91 Å². The first-order valence-corrected chi connectivity index (χ1v) is 10.0. The van der Waals surface area contributed by atoms with Crippen LogP contribution in [0.15, 0.2) is 23.1 Å². The molecule has 142 valence electrons. The Balaban J connectivity index is 1.84. The first kappa shape index (κ1) is 20.6. The summed E-state index contributed by atoms with van der Waals surface area (Å²) in [6.07, 6.45) is 3.00. The molecule has 2 rings (SSSR count). The lowest BCUT2D eigenvalue weighted by molar-refractivity contribution is -0.151. The molecule has 0 N–H and O–H groups in total. The van der Waals surface area contributed by atoms with Gasteiger partial charge >= 0.3 is 11.9 Å². The van der Waals surface area contributed by atoms with E-state index in [0.717, 1.165) is 4.90 Å². The van der Waals surface area contributed by atoms with Crippen molar-refractivity contribution < 1.29 is 23.9 Å². The number of esters is 2. The van der Waals surface area contributed by atoms with Crippen LogP contribution in [0.1, 0.15) is 30.1 Å². The fourth-order valence-corrected chi connectivity index (χ4v) is 3.34. The predicted octanol–water partition coefficient (Wildman–Crippen LogP) is 3.02. The van der Waals surface area contributed by atoms with Gasteiger partial charge in [0.05, 0.1) is 23.1 Å². The van der Waals surface area contributed by atoms with Gasteiger partial charge in [-0.2, -0.15) is 0 Å². The number of ether oxygens (including phenoxy) is 2. The third-order valence-electron chi connectivity index (χ3n) is 4.19. The van der Waals surface area contributed by atoms with E-state index in [-0.39, 0.29) is 35.0 Å². The monoisotopic (exact) mass is 399 g/mol. The van der Waals surface area contributed by atoms with E-state index in [4.69, 9.17) is 21.1 Å². The molecule has 0 bridgehead atoms. The van der Waals surface area contributed by atoms with E-state index in [1.807, 2.05) is 12.3 Å². The molecule has 0 aliphatic carbocycles. The van der Waals surface area contributed by atoms with E-state index in [0.29, 0.717) is 32.5 Å². The molecular weight excluding hydrogens is 378 g/mol. The second-order valence-corrected chi connectivity index (χ2v) is 7.12. The summed E-state index contributed by atoms with van der Waals surface area (Å²) in [5, 5.41) is 0.287. The molecule has 0 unspecified atom stereocenters. The van der Waals surface area contributed by atoms with Crippen molar-refractivity contribution in [2.45, 2.75) is 24.7 Å². The van der Waals surface area contributed by atoms with Crippen LogP contribution < -0.4 is 0 Å². The third-order valence-corrected chi connectivity index (χ3v) is 5.24. The molecule has 1 fully saturated rings. The second kappa shape index (κ2) is 9.83. The summed E-state index contributed by atoms with van der Waals surface area (Å²) in [6.45, 7) is 2.67. The minimum Gasteiger partial charge on any atom is -0.466 e. The van der Waals surface area contributed by atoms with E-state index in [1.54, 1.807) is 24.0 Å². The normalized spacial score (nSPS) is 14.8. The molecular formula is C18H22ClNO5S. The second-order valence-electron chi connectivity index (χ2n) is 5.83. The van der Waals surface area contributed by atoms with Gasteiger partial charge in [0, 0.05) is 18.0 Å². The van der Waals surface area contributed by atoms with Crippen molar-refractivity contribution in [1.29, 1.82) is 0 Å². The Labute approximate surface area is 162 Å². The molecule has 1 aromatic rings. The highest BCUT2D eigenvalue weighted by atomic mass is 35.5. The molecule has 0 radical (unpaired) electrons. The summed E-state index contributed by atoms with van der Waals surface area (Å²) in [6, 6.07) is 5.08. The Morgan fingerprint density at radius 3 is 2.54 bits per heavy atom. The largest absolute Gasteiger partial charge is 0.466 e. The van der Waals surface area contributed by atoms with Gasteiger partial charge in [-0.05, 0) is 44.2 Å². The number of piperidine rings is 1. The average Bonchev–Trinajstić information content (AvgIpc) is 2.66. The van der Waals surface area contributed by atoms with Crippen LogP contribution in [0.2, 0.25) is 5.02 Å². The van der Waals surface area contributed by atoms with Crippen molar-refractivity contribution in [2.75, 3.05) is 32.6 Å². The average molecular weight is 400 g/mol. The zero-order valence-electron chi connectivity index (χ0n) is 14.8. The number of hydrogen-bond acceptors (Lipinski definition) is 6. The number of carbonyl (C=O) groups is 3. The van der Waals surface area contributed by atoms with Gasteiger partial charge in [-0.15, -0.1) is 11.8 Å². The zero-order valence-corrected chi connectivity index (χ0v) is 16.4. The lowest BCUT2D eigenvalue weighted by Gasteiger charge is -2.30. The molecule has 1 aliphatic heterocycles. The number of thioether (sulfide) groups is 1. The minimum atomic E-state index is -0.624. The van der Waals surface area contributed by atoms with E-state index >= 15 is 0 Å². The summed E-state index contributed by atoms with van der Waals surface area (Å²) in [4.78, 5) is 38.6. The van der Waals surface area contributed by atoms with Crippen LogP contribution in [0.25, 0.3) is 0 Å². The van der Waals surface area contributed by atoms with Gasteiger partial charge in [-0.1, -0.05) is 11.6 Å². The number of nitrogens with zero attached hydrogens (tertiary/aromatic N) is 1. The molecule has 1 saturated heterocycles. The maximum absolute atomic E-state index is 12.2. The standard InChI is InChI=1S/C18H22ClNO5S/c1-3-24-17(22)12-6-8-20(9-7-12)16(21)11-25-18(23)14-10-13(26-2)4-5-15(14)19/h4-5,10,12H,3,6-9,11H2,1-2H3. The van der Waals surface area contributed by atoms with Crippen LogP contribution in [0.5, 0.6) is 0 Å². The van der Waals surface area contributed by atoms with E-state index in [9.17, 15) is 14.4 Å². The molecule has 1 aromatic carbocycles. The van der Waals surface area contributed by atoms with Gasteiger partial charge in [0.1, 0.15) is 0 Å². The number of hydrogen-bond donors (Lipinski definition) is 0. The molecule has 8 heteroatoms. The number of likely N-dealkylation sites (tertiary alicyclic amines) is 1. The quantitative estimate of drug-likeness (QED) is 0.540. The van der Waals surface area contributed by atoms with Gasteiger partial charge in [-0.3, -0.25) is 9.59 Å². The smallest absolute Gasteiger partial charge is 0.340 e. The first-order valence-electron chi connectivity index (χ1n) is 8.41. The van der Waals surface area contributed by atoms with Crippen molar-refractivity contribution in [3.63, 3.8) is 0 Å². The van der Waals surface area contributed by atoms with Crippen molar-refractivity contribution in [1.82, 2.24) is 4.90 Å². The summed E-state index contributed by atoms with van der Waals surface area (Å²) in [5.74, 6) is -1.29. The Morgan fingerprint density at radius 2 is 1.92 bits per heavy atom. The van der Waals surface area contributed by atoms with Gasteiger partial charge in [0.2, 0.25) is 0 Å². The predicted molar refractivity (Wildman–Crippen MR) is 99.5 cm³/mol. The van der Waals surface area contributed by atoms with Crippen LogP contribution in [-0.4, -0.2) is 55.3 Å². The van der Waals surface area contributed by atoms with Crippen LogP contribution >= 0.6 is 23.4 Å². The van der Waals surface area contributed by atoms with E-state index in [2.05, 4.69) is 0 Å². The highest BCUT2D eigenvalue weighted by molar-refractivity contribution is 7.98. The van der Waals surface area contributed by atoms with E-state index in [1.165, 1.54) is 11.8 Å². The Morgan fingerprint density at radius 1 is 1.23 bits per heavy atom. The molecule has 6 nitrogen and oxygen atoms in total. The van der Waals surface area contributed by atoms with E-state index < -0.39 is 5.97 Å². The van der Waals surface area contributed by atoms with Gasteiger partial charge in [-0.25, -0.2) is 4.79 Å². The Hall–Kier alpha value is -1.73. The molecule has 1 heterocycles. The first-order chi connectivity index (χ1) is 12.5. The van der Waals surface area contributed by atoms with Crippen LogP contribution in [0.3, 0.4) is 0 Å². The fourth-order valence-electron chi connectivity index (χ4n) is 2.71. The highest BCUT2D eigenvalue weighted by Crippen LogP contribution is 2.24. The third kappa shape index (κ3) is 5.38. The summed E-state index contributed by atoms with van der Waals surface area (Å²) < 4.78 is 10.1. The van der Waals surface area contributed by atoms with Crippen LogP contribution in [-0.2, 0) is 19.1 Å². The molecule has 0 aromatic heterocycles. The number of halogens is 1. The van der Waals surface area contributed by atoms with Gasteiger partial charge < -0.3 is 14.4 Å². The SMILES string of the molecule is CCOC(=O)C1CCN(C(=O)COC(=O)c2cc(SC)ccc2Cl)CC1. The topological polar surface area (TPSA) is 72.9 Å². The Bertz CT molecular complexity index is 674. The highest BCUT2D eigenvalue weighted by Gasteiger charge is 2.28. The van der Waals surface area contributed by atoms with Crippen molar-refractivity contribution in [2.24, 2.45) is 5.92 Å². The molecule has 0 spiro atoms. The molecule has 0 atom stereocenters. The summed E-state index contributed by atoms with van der Waals surface area (Å²) in [7, 11) is 0. The van der Waals surface area contributed by atoms with Crippen molar-refractivity contribution >= 4 is 41.2 Å². The molecule has 1 amide bonds. The lowest BCUT2D eigenvalue weighted by Crippen LogP contribution is -2.42. The van der Waals surface area contributed by atoms with Gasteiger partial charge in [0.15, 0.2) is 6.61 Å². The zero-order chi connectivity index (χ0) is 19.1. The molecule has 0 saturated carbocycles. The fraction of sp³-hybridized carbons (Fsp3) is 0.500. The molecule has 26 heavy (non-hydrogen) atoms. The van der Waals surface area contributed by atoms with Crippen LogP contribution in [0.4, 0.5) is 0 Å². The number of benzene rings is 1. The summed E-state index contributed by atoms with van der Waals surface area (Å²) in [5.41, 5.74) is 0.243. The molecule has 1 aliphatic rings. The van der Waals surface area contributed by atoms with Crippen LogP contribution in [0, 0.1) is 5.92 Å². The number of amides is 1. The maximum Gasteiger partial charge on any atom is 0.340 e. The minimum absolute atomic E-state index is 0.172. The number of rotatable bonds is 6. The van der Waals surface area contributed by atoms with Crippen molar-refractivity contribution in [3.8, 4) is 0 Å². The summed E-state index contributed by atoms with van der Waals surface area (Å²) >= 11 is 7.52. The van der Waals surface area contributed by atoms with Crippen molar-refractivity contribution in [3.05, 3.63) is 28.8 Å². The number of carbonyl (C=O) groups excluding carboxylic acids is 3. The lowest BCUT2D eigenvalue weighted by atomic mass is 9.97.